The lowest BCUT2D eigenvalue weighted by Gasteiger charge is -2.26. The molecule has 4 rings (SSSR count). The quantitative estimate of drug-likeness (QED) is 0.734. The van der Waals surface area contributed by atoms with Crippen LogP contribution in [-0.4, -0.2) is 53.8 Å². The Morgan fingerprint density at radius 2 is 1.91 bits per heavy atom. The van der Waals surface area contributed by atoms with Gasteiger partial charge in [-0.3, -0.25) is 0 Å². The molecular weight excluding hydrogens is 290 g/mol. The van der Waals surface area contributed by atoms with Crippen LogP contribution >= 0.6 is 0 Å². The van der Waals surface area contributed by atoms with Gasteiger partial charge in [-0.15, -0.1) is 0 Å². The van der Waals surface area contributed by atoms with Gasteiger partial charge in [0, 0.05) is 13.6 Å². The van der Waals surface area contributed by atoms with Crippen molar-refractivity contribution in [1.29, 1.82) is 0 Å². The largest absolute Gasteiger partial charge is 0.332 e. The molecule has 1 fully saturated rings. The molecule has 7 heteroatoms. The standard InChI is InChI=1S/C16H21N7/c1-21-12-17-10-14(21)15-13-9-20-23(16(13)19-11-18-15)8-7-22-5-3-2-4-6-22/h9-12H,2-8H2,1H3. The highest BCUT2D eigenvalue weighted by Crippen LogP contribution is 2.24. The van der Waals surface area contributed by atoms with Crippen molar-refractivity contribution in [3.05, 3.63) is 25.0 Å². The van der Waals surface area contributed by atoms with Gasteiger partial charge in [0.05, 0.1) is 36.3 Å². The van der Waals surface area contributed by atoms with Crippen LogP contribution in [0.4, 0.5) is 0 Å². The normalized spacial score (nSPS) is 16.2. The van der Waals surface area contributed by atoms with Gasteiger partial charge < -0.3 is 9.47 Å². The minimum absolute atomic E-state index is 0.866. The van der Waals surface area contributed by atoms with Crippen LogP contribution < -0.4 is 0 Å². The molecule has 0 aromatic carbocycles. The maximum Gasteiger partial charge on any atom is 0.161 e. The lowest BCUT2D eigenvalue weighted by atomic mass is 10.1. The van der Waals surface area contributed by atoms with Crippen LogP contribution in [0.2, 0.25) is 0 Å². The third-order valence-electron chi connectivity index (χ3n) is 4.57. The van der Waals surface area contributed by atoms with Crippen molar-refractivity contribution in [2.75, 3.05) is 19.6 Å². The minimum atomic E-state index is 0.866. The summed E-state index contributed by atoms with van der Waals surface area (Å²) in [6.45, 7) is 4.30. The van der Waals surface area contributed by atoms with Crippen molar-refractivity contribution in [3.8, 4) is 11.4 Å². The molecule has 0 N–H and O–H groups in total. The zero-order valence-corrected chi connectivity index (χ0v) is 13.4. The molecule has 0 spiro atoms. The van der Waals surface area contributed by atoms with Crippen LogP contribution in [0, 0.1) is 0 Å². The molecule has 4 heterocycles. The molecule has 7 nitrogen and oxygen atoms in total. The van der Waals surface area contributed by atoms with Crippen molar-refractivity contribution in [3.63, 3.8) is 0 Å². The predicted molar refractivity (Wildman–Crippen MR) is 87.8 cm³/mol. The fraction of sp³-hybridized carbons (Fsp3) is 0.500. The van der Waals surface area contributed by atoms with E-state index in [0.717, 1.165) is 35.5 Å². The number of imidazole rings is 1. The Morgan fingerprint density at radius 1 is 1.04 bits per heavy atom. The number of hydrogen-bond acceptors (Lipinski definition) is 5. The van der Waals surface area contributed by atoms with Crippen molar-refractivity contribution in [2.24, 2.45) is 7.05 Å². The molecule has 0 unspecified atom stereocenters. The number of fused-ring (bicyclic) bond motifs is 1. The molecule has 0 atom stereocenters. The van der Waals surface area contributed by atoms with Gasteiger partial charge in [0.2, 0.25) is 0 Å². The van der Waals surface area contributed by atoms with Gasteiger partial charge in [-0.05, 0) is 25.9 Å². The van der Waals surface area contributed by atoms with Crippen LogP contribution in [0.3, 0.4) is 0 Å². The van der Waals surface area contributed by atoms with E-state index >= 15 is 0 Å². The average molecular weight is 311 g/mol. The Labute approximate surface area is 135 Å². The summed E-state index contributed by atoms with van der Waals surface area (Å²) in [5.41, 5.74) is 2.76. The summed E-state index contributed by atoms with van der Waals surface area (Å²) in [5.74, 6) is 0. The Balaban J connectivity index is 1.61. The lowest BCUT2D eigenvalue weighted by molar-refractivity contribution is 0.219. The SMILES string of the molecule is Cn1cncc1-c1ncnc2c1cnn2CCN1CCCCC1. The summed E-state index contributed by atoms with van der Waals surface area (Å²) >= 11 is 0. The van der Waals surface area contributed by atoms with Crippen molar-refractivity contribution in [2.45, 2.75) is 25.8 Å². The highest BCUT2D eigenvalue weighted by Gasteiger charge is 2.15. The first kappa shape index (κ1) is 14.3. The topological polar surface area (TPSA) is 64.7 Å². The molecule has 23 heavy (non-hydrogen) atoms. The second kappa shape index (κ2) is 6.08. The Kier molecular flexibility index (Phi) is 3.78. The van der Waals surface area contributed by atoms with E-state index in [-0.39, 0.29) is 0 Å². The van der Waals surface area contributed by atoms with Gasteiger partial charge >= 0.3 is 0 Å². The van der Waals surface area contributed by atoms with E-state index in [1.54, 1.807) is 12.7 Å². The van der Waals surface area contributed by atoms with Crippen molar-refractivity contribution < 1.29 is 0 Å². The number of aryl methyl sites for hydroxylation is 1. The maximum absolute atomic E-state index is 4.54. The van der Waals surface area contributed by atoms with Crippen LogP contribution in [-0.2, 0) is 13.6 Å². The van der Waals surface area contributed by atoms with E-state index < -0.39 is 0 Å². The third-order valence-corrected chi connectivity index (χ3v) is 4.57. The molecule has 0 bridgehead atoms. The van der Waals surface area contributed by atoms with E-state index in [2.05, 4.69) is 25.0 Å². The molecule has 0 aliphatic carbocycles. The molecule has 1 aliphatic rings. The highest BCUT2D eigenvalue weighted by molar-refractivity contribution is 5.88. The second-order valence-corrected chi connectivity index (χ2v) is 6.12. The molecule has 0 saturated carbocycles. The highest BCUT2D eigenvalue weighted by atomic mass is 15.3. The maximum atomic E-state index is 4.54. The lowest BCUT2D eigenvalue weighted by Crippen LogP contribution is -2.32. The first-order chi connectivity index (χ1) is 11.3. The molecule has 3 aromatic rings. The molecule has 0 radical (unpaired) electrons. The molecule has 1 saturated heterocycles. The van der Waals surface area contributed by atoms with Crippen LogP contribution in [0.5, 0.6) is 0 Å². The van der Waals surface area contributed by atoms with Gasteiger partial charge in [-0.2, -0.15) is 5.10 Å². The fourth-order valence-corrected chi connectivity index (χ4v) is 3.27. The monoisotopic (exact) mass is 311 g/mol. The summed E-state index contributed by atoms with van der Waals surface area (Å²) in [4.78, 5) is 15.6. The van der Waals surface area contributed by atoms with Crippen molar-refractivity contribution >= 4 is 11.0 Å². The molecule has 1 aliphatic heterocycles. The van der Waals surface area contributed by atoms with Crippen LogP contribution in [0.25, 0.3) is 22.4 Å². The number of piperidine rings is 1. The number of hydrogen-bond donors (Lipinski definition) is 0. The zero-order valence-electron chi connectivity index (χ0n) is 13.4. The molecule has 120 valence electrons. The molecule has 3 aromatic heterocycles. The van der Waals surface area contributed by atoms with Crippen LogP contribution in [0.15, 0.2) is 25.0 Å². The predicted octanol–water partition coefficient (Wildman–Crippen LogP) is 1.71. The first-order valence-electron chi connectivity index (χ1n) is 8.18. The van der Waals surface area contributed by atoms with E-state index in [9.17, 15) is 0 Å². The fourth-order valence-electron chi connectivity index (χ4n) is 3.27. The smallest absolute Gasteiger partial charge is 0.161 e. The third kappa shape index (κ3) is 2.72. The number of aromatic nitrogens is 6. The van der Waals surface area contributed by atoms with Crippen LogP contribution in [0.1, 0.15) is 19.3 Å². The first-order valence-corrected chi connectivity index (χ1v) is 8.18. The summed E-state index contributed by atoms with van der Waals surface area (Å²) in [7, 11) is 1.97. The summed E-state index contributed by atoms with van der Waals surface area (Å²) in [6.07, 6.45) is 11.1. The number of rotatable bonds is 4. The summed E-state index contributed by atoms with van der Waals surface area (Å²) < 4.78 is 3.96. The molecular formula is C16H21N7. The number of likely N-dealkylation sites (tertiary alicyclic amines) is 1. The van der Waals surface area contributed by atoms with E-state index in [1.165, 1.54) is 32.4 Å². The number of nitrogens with zero attached hydrogens (tertiary/aromatic N) is 7. The zero-order chi connectivity index (χ0) is 15.6. The van der Waals surface area contributed by atoms with Gasteiger partial charge in [0.15, 0.2) is 5.65 Å². The summed E-state index contributed by atoms with van der Waals surface area (Å²) in [5, 5.41) is 5.52. The Hall–Kier alpha value is -2.28. The van der Waals surface area contributed by atoms with E-state index in [4.69, 9.17) is 0 Å². The second-order valence-electron chi connectivity index (χ2n) is 6.12. The Bertz CT molecular complexity index is 798. The average Bonchev–Trinajstić information content (AvgIpc) is 3.20. The van der Waals surface area contributed by atoms with E-state index in [0.29, 0.717) is 0 Å². The van der Waals surface area contributed by atoms with Gasteiger partial charge in [0.1, 0.15) is 12.0 Å². The van der Waals surface area contributed by atoms with Crippen molar-refractivity contribution in [1.82, 2.24) is 34.2 Å². The minimum Gasteiger partial charge on any atom is -0.332 e. The summed E-state index contributed by atoms with van der Waals surface area (Å²) in [6, 6.07) is 0. The van der Waals surface area contributed by atoms with Gasteiger partial charge in [-0.25, -0.2) is 19.6 Å². The van der Waals surface area contributed by atoms with Gasteiger partial charge in [-0.1, -0.05) is 6.42 Å². The molecule has 0 amide bonds. The van der Waals surface area contributed by atoms with Gasteiger partial charge in [0.25, 0.3) is 0 Å². The van der Waals surface area contributed by atoms with E-state index in [1.807, 2.05) is 28.7 Å². The Morgan fingerprint density at radius 3 is 2.70 bits per heavy atom.